The molecule has 0 bridgehead atoms. The minimum absolute atomic E-state index is 0.0259. The fraction of sp³-hybridized carbons (Fsp3) is 0.515. The number of fused-ring (bicyclic) bond motifs is 1. The summed E-state index contributed by atoms with van der Waals surface area (Å²) in [5.74, 6) is 0.398. The average molecular weight is 487 g/mol. The Bertz CT molecular complexity index is 1050. The van der Waals surface area contributed by atoms with Crippen molar-refractivity contribution in [2.24, 2.45) is 0 Å². The number of hydrogen-bond donors (Lipinski definition) is 2. The number of piperazine rings is 1. The van der Waals surface area contributed by atoms with Crippen LogP contribution in [0.4, 0.5) is 0 Å². The number of benzene rings is 3. The topological polar surface area (TPSA) is 35.5 Å². The van der Waals surface area contributed by atoms with Crippen molar-refractivity contribution in [1.82, 2.24) is 10.2 Å². The molecule has 1 aliphatic heterocycles. The molecule has 3 aromatic rings. The Balaban J connectivity index is 1.54. The molecule has 0 amide bonds. The number of hydrogen-bond acceptors (Lipinski definition) is 3. The molecule has 1 saturated heterocycles. The molecule has 0 aliphatic carbocycles. The summed E-state index contributed by atoms with van der Waals surface area (Å²) in [6.45, 7) is 6.61. The van der Waals surface area contributed by atoms with Gasteiger partial charge in [0.25, 0.3) is 0 Å². The maximum absolute atomic E-state index is 11.3. The molecule has 36 heavy (non-hydrogen) atoms. The van der Waals surface area contributed by atoms with Gasteiger partial charge in [0, 0.05) is 30.7 Å². The van der Waals surface area contributed by atoms with Crippen molar-refractivity contribution in [3.05, 3.63) is 77.9 Å². The molecule has 4 rings (SSSR count). The van der Waals surface area contributed by atoms with Crippen LogP contribution in [0.1, 0.15) is 95.2 Å². The third-order valence-corrected chi connectivity index (χ3v) is 8.03. The average Bonchev–Trinajstić information content (AvgIpc) is 2.91. The van der Waals surface area contributed by atoms with E-state index >= 15 is 0 Å². The van der Waals surface area contributed by atoms with Gasteiger partial charge in [0.15, 0.2) is 0 Å². The van der Waals surface area contributed by atoms with Gasteiger partial charge in [0.1, 0.15) is 5.75 Å². The molecule has 1 fully saturated rings. The van der Waals surface area contributed by atoms with Crippen LogP contribution in [0.15, 0.2) is 66.7 Å². The molecule has 1 heterocycles. The largest absolute Gasteiger partial charge is 0.508 e. The Kier molecular flexibility index (Phi) is 10.2. The smallest absolute Gasteiger partial charge is 0.121 e. The van der Waals surface area contributed by atoms with Gasteiger partial charge in [-0.3, -0.25) is 4.90 Å². The van der Waals surface area contributed by atoms with Gasteiger partial charge >= 0.3 is 0 Å². The first kappa shape index (κ1) is 26.7. The van der Waals surface area contributed by atoms with Gasteiger partial charge in [0.2, 0.25) is 0 Å². The summed E-state index contributed by atoms with van der Waals surface area (Å²) in [5.41, 5.74) is 2.31. The molecule has 1 aliphatic rings. The molecule has 0 spiro atoms. The standard InChI is InChI=1S/C33H46N2O/c1-3-4-5-6-7-8-9-10-14-20-29-25-34-24-26(2)35(29)33(28-18-12-11-13-19-28)32-30-21-16-15-17-27(30)22-23-31(32)36/h11-13,15-19,21-23,26,29,33-34,36H,3-10,14,20,24-25H2,1-2H3/t26-,29+,33-/m0/s1. The summed E-state index contributed by atoms with van der Waals surface area (Å²) in [6, 6.07) is 24.1. The highest BCUT2D eigenvalue weighted by molar-refractivity contribution is 5.88. The first-order valence-electron chi connectivity index (χ1n) is 14.4. The summed E-state index contributed by atoms with van der Waals surface area (Å²) in [6.07, 6.45) is 13.4. The predicted octanol–water partition coefficient (Wildman–Crippen LogP) is 8.22. The van der Waals surface area contributed by atoms with Crippen LogP contribution >= 0.6 is 0 Å². The fourth-order valence-corrected chi connectivity index (χ4v) is 6.13. The van der Waals surface area contributed by atoms with Crippen molar-refractivity contribution in [2.75, 3.05) is 13.1 Å². The molecule has 0 saturated carbocycles. The number of phenolic OH excluding ortho intramolecular Hbond substituents is 1. The van der Waals surface area contributed by atoms with Crippen LogP contribution in [0.2, 0.25) is 0 Å². The quantitative estimate of drug-likeness (QED) is 0.239. The van der Waals surface area contributed by atoms with Gasteiger partial charge in [-0.05, 0) is 35.7 Å². The molecule has 3 aromatic carbocycles. The van der Waals surface area contributed by atoms with Gasteiger partial charge in [-0.25, -0.2) is 0 Å². The fourth-order valence-electron chi connectivity index (χ4n) is 6.13. The van der Waals surface area contributed by atoms with Crippen LogP contribution in [-0.2, 0) is 0 Å². The van der Waals surface area contributed by atoms with E-state index in [1.165, 1.54) is 75.2 Å². The number of phenols is 1. The van der Waals surface area contributed by atoms with Crippen LogP contribution < -0.4 is 5.32 Å². The zero-order valence-electron chi connectivity index (χ0n) is 22.5. The second-order valence-electron chi connectivity index (χ2n) is 10.8. The van der Waals surface area contributed by atoms with E-state index in [0.717, 1.165) is 24.0 Å². The zero-order chi connectivity index (χ0) is 25.2. The second-order valence-corrected chi connectivity index (χ2v) is 10.8. The van der Waals surface area contributed by atoms with Crippen LogP contribution in [0.3, 0.4) is 0 Å². The molecular weight excluding hydrogens is 440 g/mol. The Hall–Kier alpha value is -2.36. The summed E-state index contributed by atoms with van der Waals surface area (Å²) in [5, 5.41) is 17.3. The van der Waals surface area contributed by atoms with E-state index in [2.05, 4.69) is 78.7 Å². The summed E-state index contributed by atoms with van der Waals surface area (Å²) < 4.78 is 0. The molecule has 2 N–H and O–H groups in total. The van der Waals surface area contributed by atoms with Crippen molar-refractivity contribution < 1.29 is 5.11 Å². The van der Waals surface area contributed by atoms with Crippen molar-refractivity contribution in [2.45, 2.75) is 96.2 Å². The van der Waals surface area contributed by atoms with Crippen molar-refractivity contribution >= 4 is 10.8 Å². The van der Waals surface area contributed by atoms with E-state index in [9.17, 15) is 5.11 Å². The predicted molar refractivity (Wildman–Crippen MR) is 154 cm³/mol. The lowest BCUT2D eigenvalue weighted by Gasteiger charge is -2.46. The van der Waals surface area contributed by atoms with Crippen molar-refractivity contribution in [1.29, 1.82) is 0 Å². The lowest BCUT2D eigenvalue weighted by atomic mass is 9.88. The Labute approximate surface area is 218 Å². The van der Waals surface area contributed by atoms with Crippen molar-refractivity contribution in [3.8, 4) is 5.75 Å². The van der Waals surface area contributed by atoms with E-state index in [1.54, 1.807) is 0 Å². The van der Waals surface area contributed by atoms with Gasteiger partial charge in [0.05, 0.1) is 6.04 Å². The molecule has 3 heteroatoms. The number of nitrogens with zero attached hydrogens (tertiary/aromatic N) is 1. The van der Waals surface area contributed by atoms with Crippen LogP contribution in [0, 0.1) is 0 Å². The summed E-state index contributed by atoms with van der Waals surface area (Å²) in [4.78, 5) is 2.71. The minimum Gasteiger partial charge on any atom is -0.508 e. The minimum atomic E-state index is 0.0259. The lowest BCUT2D eigenvalue weighted by molar-refractivity contribution is 0.0667. The molecule has 3 nitrogen and oxygen atoms in total. The van der Waals surface area contributed by atoms with Gasteiger partial charge in [-0.2, -0.15) is 0 Å². The van der Waals surface area contributed by atoms with Gasteiger partial charge in [-0.15, -0.1) is 0 Å². The normalized spacial score (nSPS) is 19.5. The maximum atomic E-state index is 11.3. The van der Waals surface area contributed by atoms with Gasteiger partial charge in [-0.1, -0.05) is 125 Å². The number of aromatic hydroxyl groups is 1. The Morgan fingerprint density at radius 1 is 0.806 bits per heavy atom. The molecule has 0 radical (unpaired) electrons. The molecule has 0 unspecified atom stereocenters. The highest BCUT2D eigenvalue weighted by atomic mass is 16.3. The third-order valence-electron chi connectivity index (χ3n) is 8.03. The summed E-state index contributed by atoms with van der Waals surface area (Å²) >= 11 is 0. The Morgan fingerprint density at radius 3 is 2.22 bits per heavy atom. The molecular formula is C33H46N2O. The highest BCUT2D eigenvalue weighted by Crippen LogP contribution is 2.42. The second kappa shape index (κ2) is 13.8. The summed E-state index contributed by atoms with van der Waals surface area (Å²) in [7, 11) is 0. The van der Waals surface area contributed by atoms with E-state index in [4.69, 9.17) is 0 Å². The third kappa shape index (κ3) is 6.69. The van der Waals surface area contributed by atoms with E-state index in [-0.39, 0.29) is 6.04 Å². The van der Waals surface area contributed by atoms with E-state index < -0.39 is 0 Å². The van der Waals surface area contributed by atoms with Crippen LogP contribution in [-0.4, -0.2) is 35.2 Å². The molecule has 3 atom stereocenters. The van der Waals surface area contributed by atoms with Crippen LogP contribution in [0.25, 0.3) is 10.8 Å². The number of nitrogens with one attached hydrogen (secondary N) is 1. The van der Waals surface area contributed by atoms with E-state index in [0.29, 0.717) is 17.8 Å². The van der Waals surface area contributed by atoms with Crippen LogP contribution in [0.5, 0.6) is 5.75 Å². The highest BCUT2D eigenvalue weighted by Gasteiger charge is 2.36. The van der Waals surface area contributed by atoms with Crippen molar-refractivity contribution in [3.63, 3.8) is 0 Å². The first-order chi connectivity index (χ1) is 17.7. The van der Waals surface area contributed by atoms with E-state index in [1.807, 2.05) is 12.1 Å². The number of rotatable bonds is 13. The van der Waals surface area contributed by atoms with Gasteiger partial charge < -0.3 is 10.4 Å². The number of unbranched alkanes of at least 4 members (excludes halogenated alkanes) is 8. The molecule has 0 aromatic heterocycles. The lowest BCUT2D eigenvalue weighted by Crippen LogP contribution is -2.57. The SMILES string of the molecule is CCCCCCCCCCC[C@@H]1CNC[C@H](C)N1[C@@H](c1ccccc1)c1c(O)ccc2ccccc12. The maximum Gasteiger partial charge on any atom is 0.121 e. The first-order valence-corrected chi connectivity index (χ1v) is 14.4. The zero-order valence-corrected chi connectivity index (χ0v) is 22.5. The monoisotopic (exact) mass is 486 g/mol. The Morgan fingerprint density at radius 2 is 1.47 bits per heavy atom. The molecule has 194 valence electrons.